The standard InChI is InChI=1S/C15H25N3O/c1-5-6-18(8-7-17(3)4)15(19)13-9-12(2)10-14(16)11-13/h9-11H,5-8,16H2,1-4H3. The largest absolute Gasteiger partial charge is 0.399 e. The van der Waals surface area contributed by atoms with E-state index in [1.807, 2.05) is 38.1 Å². The molecule has 2 N–H and O–H groups in total. The summed E-state index contributed by atoms with van der Waals surface area (Å²) in [7, 11) is 4.03. The smallest absolute Gasteiger partial charge is 0.253 e. The van der Waals surface area contributed by atoms with Gasteiger partial charge in [-0.15, -0.1) is 0 Å². The highest BCUT2D eigenvalue weighted by atomic mass is 16.2. The van der Waals surface area contributed by atoms with E-state index in [0.29, 0.717) is 11.3 Å². The topological polar surface area (TPSA) is 49.6 Å². The van der Waals surface area contributed by atoms with Crippen molar-refractivity contribution in [2.45, 2.75) is 20.3 Å². The summed E-state index contributed by atoms with van der Waals surface area (Å²) < 4.78 is 0. The van der Waals surface area contributed by atoms with E-state index in [2.05, 4.69) is 11.8 Å². The molecule has 0 saturated heterocycles. The number of aryl methyl sites for hydroxylation is 1. The van der Waals surface area contributed by atoms with Crippen LogP contribution in [0.15, 0.2) is 18.2 Å². The van der Waals surface area contributed by atoms with Crippen molar-refractivity contribution in [3.63, 3.8) is 0 Å². The van der Waals surface area contributed by atoms with E-state index < -0.39 is 0 Å². The van der Waals surface area contributed by atoms with Gasteiger partial charge in [-0.05, 0) is 51.2 Å². The van der Waals surface area contributed by atoms with Crippen molar-refractivity contribution in [3.8, 4) is 0 Å². The maximum atomic E-state index is 12.5. The number of likely N-dealkylation sites (N-methyl/N-ethyl adjacent to an activating group) is 1. The summed E-state index contributed by atoms with van der Waals surface area (Å²) in [5, 5.41) is 0. The molecule has 1 amide bonds. The van der Waals surface area contributed by atoms with Gasteiger partial charge < -0.3 is 15.5 Å². The van der Waals surface area contributed by atoms with Crippen molar-refractivity contribution < 1.29 is 4.79 Å². The first-order valence-electron chi connectivity index (χ1n) is 6.75. The van der Waals surface area contributed by atoms with Gasteiger partial charge in [0, 0.05) is 30.9 Å². The molecule has 1 aromatic carbocycles. The number of carbonyl (C=O) groups is 1. The van der Waals surface area contributed by atoms with Crippen molar-refractivity contribution in [2.75, 3.05) is 39.5 Å². The van der Waals surface area contributed by atoms with Crippen LogP contribution in [0.1, 0.15) is 29.3 Å². The molecule has 0 atom stereocenters. The third kappa shape index (κ3) is 4.91. The Morgan fingerprint density at radius 1 is 1.16 bits per heavy atom. The van der Waals surface area contributed by atoms with Crippen molar-refractivity contribution in [1.29, 1.82) is 0 Å². The molecule has 0 aliphatic carbocycles. The Morgan fingerprint density at radius 3 is 2.37 bits per heavy atom. The summed E-state index contributed by atoms with van der Waals surface area (Å²) in [5.74, 6) is 0.0686. The zero-order valence-electron chi connectivity index (χ0n) is 12.4. The molecule has 0 heterocycles. The Morgan fingerprint density at radius 2 is 1.84 bits per heavy atom. The highest BCUT2D eigenvalue weighted by Crippen LogP contribution is 2.13. The van der Waals surface area contributed by atoms with E-state index in [1.165, 1.54) is 0 Å². The summed E-state index contributed by atoms with van der Waals surface area (Å²) in [6.07, 6.45) is 0.959. The van der Waals surface area contributed by atoms with Crippen molar-refractivity contribution in [2.24, 2.45) is 0 Å². The van der Waals surface area contributed by atoms with Crippen LogP contribution in [0.4, 0.5) is 5.69 Å². The molecule has 1 rings (SSSR count). The van der Waals surface area contributed by atoms with Gasteiger partial charge in [0.25, 0.3) is 5.91 Å². The summed E-state index contributed by atoms with van der Waals surface area (Å²) in [6.45, 7) is 6.43. The lowest BCUT2D eigenvalue weighted by Crippen LogP contribution is -2.37. The summed E-state index contributed by atoms with van der Waals surface area (Å²) in [4.78, 5) is 16.5. The number of hydrogen-bond acceptors (Lipinski definition) is 3. The number of nitrogens with two attached hydrogens (primary N) is 1. The highest BCUT2D eigenvalue weighted by molar-refractivity contribution is 5.95. The number of carbonyl (C=O) groups excluding carboxylic acids is 1. The zero-order valence-corrected chi connectivity index (χ0v) is 12.4. The number of rotatable bonds is 6. The monoisotopic (exact) mass is 263 g/mol. The van der Waals surface area contributed by atoms with E-state index in [4.69, 9.17) is 5.73 Å². The van der Waals surface area contributed by atoms with Gasteiger partial charge in [-0.2, -0.15) is 0 Å². The van der Waals surface area contributed by atoms with Crippen LogP contribution in [-0.2, 0) is 0 Å². The minimum absolute atomic E-state index is 0.0686. The summed E-state index contributed by atoms with van der Waals surface area (Å²) in [5.41, 5.74) is 8.17. The van der Waals surface area contributed by atoms with Gasteiger partial charge in [-0.25, -0.2) is 0 Å². The number of amides is 1. The van der Waals surface area contributed by atoms with Crippen LogP contribution in [0.25, 0.3) is 0 Å². The number of benzene rings is 1. The van der Waals surface area contributed by atoms with Crippen LogP contribution < -0.4 is 5.73 Å². The zero-order chi connectivity index (χ0) is 14.4. The Labute approximate surface area is 116 Å². The average Bonchev–Trinajstić information content (AvgIpc) is 2.32. The number of anilines is 1. The van der Waals surface area contributed by atoms with E-state index in [0.717, 1.165) is 31.6 Å². The molecule has 0 bridgehead atoms. The second-order valence-electron chi connectivity index (χ2n) is 5.23. The van der Waals surface area contributed by atoms with Crippen LogP contribution in [0.5, 0.6) is 0 Å². The van der Waals surface area contributed by atoms with E-state index in [9.17, 15) is 4.79 Å². The van der Waals surface area contributed by atoms with Crippen molar-refractivity contribution in [3.05, 3.63) is 29.3 Å². The second kappa shape index (κ2) is 7.14. The van der Waals surface area contributed by atoms with E-state index >= 15 is 0 Å². The predicted octanol–water partition coefficient (Wildman–Crippen LogP) is 1.99. The molecule has 0 aliphatic heterocycles. The maximum Gasteiger partial charge on any atom is 0.253 e. The molecule has 106 valence electrons. The molecule has 1 aromatic rings. The molecule has 4 heteroatoms. The lowest BCUT2D eigenvalue weighted by Gasteiger charge is -2.24. The summed E-state index contributed by atoms with van der Waals surface area (Å²) >= 11 is 0. The van der Waals surface area contributed by atoms with Crippen molar-refractivity contribution >= 4 is 11.6 Å². The molecule has 0 unspecified atom stereocenters. The average molecular weight is 263 g/mol. The van der Waals surface area contributed by atoms with Gasteiger partial charge in [-0.1, -0.05) is 6.92 Å². The highest BCUT2D eigenvalue weighted by Gasteiger charge is 2.15. The van der Waals surface area contributed by atoms with Crippen LogP contribution in [0.3, 0.4) is 0 Å². The maximum absolute atomic E-state index is 12.5. The predicted molar refractivity (Wildman–Crippen MR) is 80.3 cm³/mol. The van der Waals surface area contributed by atoms with Gasteiger partial charge in [-0.3, -0.25) is 4.79 Å². The molecule has 0 aromatic heterocycles. The Kier molecular flexibility index (Phi) is 5.83. The fourth-order valence-electron chi connectivity index (χ4n) is 2.02. The second-order valence-corrected chi connectivity index (χ2v) is 5.23. The number of hydrogen-bond donors (Lipinski definition) is 1. The van der Waals surface area contributed by atoms with Crippen LogP contribution in [0.2, 0.25) is 0 Å². The quantitative estimate of drug-likeness (QED) is 0.799. The normalized spacial score (nSPS) is 10.8. The molecule has 0 saturated carbocycles. The first-order valence-corrected chi connectivity index (χ1v) is 6.75. The van der Waals surface area contributed by atoms with E-state index in [-0.39, 0.29) is 5.91 Å². The van der Waals surface area contributed by atoms with Crippen LogP contribution in [-0.4, -0.2) is 49.4 Å². The lowest BCUT2D eigenvalue weighted by atomic mass is 10.1. The molecule has 0 spiro atoms. The third-order valence-corrected chi connectivity index (χ3v) is 2.94. The Bertz CT molecular complexity index is 409. The van der Waals surface area contributed by atoms with Crippen molar-refractivity contribution in [1.82, 2.24) is 9.80 Å². The van der Waals surface area contributed by atoms with Crippen LogP contribution in [0, 0.1) is 6.92 Å². The fourth-order valence-corrected chi connectivity index (χ4v) is 2.02. The first kappa shape index (κ1) is 15.5. The minimum Gasteiger partial charge on any atom is -0.399 e. The Hall–Kier alpha value is -1.55. The third-order valence-electron chi connectivity index (χ3n) is 2.94. The molecule has 4 nitrogen and oxygen atoms in total. The number of nitrogens with zero attached hydrogens (tertiary/aromatic N) is 2. The first-order chi connectivity index (χ1) is 8.93. The van der Waals surface area contributed by atoms with Gasteiger partial charge in [0.1, 0.15) is 0 Å². The number of nitrogen functional groups attached to an aromatic ring is 1. The lowest BCUT2D eigenvalue weighted by molar-refractivity contribution is 0.0745. The minimum atomic E-state index is 0.0686. The molecule has 0 fully saturated rings. The van der Waals surface area contributed by atoms with E-state index in [1.54, 1.807) is 6.07 Å². The SMILES string of the molecule is CCCN(CCN(C)C)C(=O)c1cc(C)cc(N)c1. The van der Waals surface area contributed by atoms with Crippen LogP contribution >= 0.6 is 0 Å². The van der Waals surface area contributed by atoms with Gasteiger partial charge in [0.05, 0.1) is 0 Å². The molecule has 0 aliphatic rings. The Balaban J connectivity index is 2.85. The molecular formula is C15H25N3O. The fraction of sp³-hybridized carbons (Fsp3) is 0.533. The van der Waals surface area contributed by atoms with Gasteiger partial charge >= 0.3 is 0 Å². The van der Waals surface area contributed by atoms with Gasteiger partial charge in [0.2, 0.25) is 0 Å². The van der Waals surface area contributed by atoms with Gasteiger partial charge in [0.15, 0.2) is 0 Å². The molecule has 0 radical (unpaired) electrons. The summed E-state index contributed by atoms with van der Waals surface area (Å²) in [6, 6.07) is 5.53. The molecular weight excluding hydrogens is 238 g/mol. The molecule has 19 heavy (non-hydrogen) atoms.